The van der Waals surface area contributed by atoms with Crippen LogP contribution in [-0.4, -0.2) is 34.4 Å². The zero-order chi connectivity index (χ0) is 19.4. The summed E-state index contributed by atoms with van der Waals surface area (Å²) in [6.45, 7) is 4.95. The highest BCUT2D eigenvalue weighted by Crippen LogP contribution is 2.30. The van der Waals surface area contributed by atoms with Crippen LogP contribution in [-0.2, 0) is 13.6 Å². The predicted octanol–water partition coefficient (Wildman–Crippen LogP) is 2.48. The number of aryl methyl sites for hydroxylation is 1. The SMILES string of the molecule is CN=C(NCc1nnc(C)n1C)NC(C)c1ccc(OCC2CC2)c(F)c1. The first-order valence-electron chi connectivity index (χ1n) is 9.22. The summed E-state index contributed by atoms with van der Waals surface area (Å²) in [6.07, 6.45) is 2.36. The van der Waals surface area contributed by atoms with Crippen molar-refractivity contribution in [2.45, 2.75) is 39.3 Å². The molecule has 1 aliphatic rings. The maximum absolute atomic E-state index is 14.3. The van der Waals surface area contributed by atoms with E-state index < -0.39 is 0 Å². The highest BCUT2D eigenvalue weighted by atomic mass is 19.1. The van der Waals surface area contributed by atoms with Crippen LogP contribution in [0.3, 0.4) is 0 Å². The number of benzene rings is 1. The van der Waals surface area contributed by atoms with E-state index in [2.05, 4.69) is 25.8 Å². The average Bonchev–Trinajstić information content (AvgIpc) is 3.44. The maximum atomic E-state index is 14.3. The molecule has 2 aromatic rings. The maximum Gasteiger partial charge on any atom is 0.191 e. The van der Waals surface area contributed by atoms with Crippen molar-refractivity contribution in [2.75, 3.05) is 13.7 Å². The number of aromatic nitrogens is 3. The molecule has 146 valence electrons. The molecular weight excluding hydrogens is 347 g/mol. The van der Waals surface area contributed by atoms with Gasteiger partial charge >= 0.3 is 0 Å². The average molecular weight is 374 g/mol. The van der Waals surface area contributed by atoms with Crippen molar-refractivity contribution >= 4 is 5.96 Å². The van der Waals surface area contributed by atoms with E-state index in [9.17, 15) is 4.39 Å². The van der Waals surface area contributed by atoms with Crippen LogP contribution in [0.1, 0.15) is 43.0 Å². The normalized spacial score (nSPS) is 15.5. The van der Waals surface area contributed by atoms with Crippen molar-refractivity contribution in [3.05, 3.63) is 41.2 Å². The zero-order valence-corrected chi connectivity index (χ0v) is 16.3. The van der Waals surface area contributed by atoms with Gasteiger partial charge in [0.25, 0.3) is 0 Å². The Kier molecular flexibility index (Phi) is 5.93. The minimum Gasteiger partial charge on any atom is -0.490 e. The summed E-state index contributed by atoms with van der Waals surface area (Å²) in [5, 5.41) is 14.6. The fourth-order valence-corrected chi connectivity index (χ4v) is 2.65. The standard InChI is InChI=1S/C19H27FN6O/c1-12(15-7-8-17(16(20)9-15)27-11-14-5-6-14)23-19(21-3)22-10-18-25-24-13(2)26(18)4/h7-9,12,14H,5-6,10-11H2,1-4H3,(H2,21,22,23). The second-order valence-electron chi connectivity index (χ2n) is 6.96. The predicted molar refractivity (Wildman–Crippen MR) is 102 cm³/mol. The van der Waals surface area contributed by atoms with Gasteiger partial charge < -0.3 is 19.9 Å². The first-order valence-corrected chi connectivity index (χ1v) is 9.22. The van der Waals surface area contributed by atoms with Crippen LogP contribution in [0.25, 0.3) is 0 Å². The molecule has 27 heavy (non-hydrogen) atoms. The van der Waals surface area contributed by atoms with E-state index in [1.165, 1.54) is 18.9 Å². The van der Waals surface area contributed by atoms with Gasteiger partial charge in [-0.3, -0.25) is 4.99 Å². The minimum absolute atomic E-state index is 0.121. The summed E-state index contributed by atoms with van der Waals surface area (Å²) in [7, 11) is 3.61. The number of halogens is 1. The Balaban J connectivity index is 1.56. The molecule has 1 heterocycles. The van der Waals surface area contributed by atoms with Gasteiger partial charge in [0.15, 0.2) is 23.4 Å². The Labute approximate surface area is 159 Å². The summed E-state index contributed by atoms with van der Waals surface area (Å²) < 4.78 is 21.8. The largest absolute Gasteiger partial charge is 0.490 e. The summed E-state index contributed by atoms with van der Waals surface area (Å²) >= 11 is 0. The van der Waals surface area contributed by atoms with Crippen LogP contribution in [0, 0.1) is 18.7 Å². The molecule has 0 bridgehead atoms. The molecular formula is C19H27FN6O. The number of nitrogens with one attached hydrogen (secondary N) is 2. The fraction of sp³-hybridized carbons (Fsp3) is 0.526. The summed E-state index contributed by atoms with van der Waals surface area (Å²) in [4.78, 5) is 4.22. The number of hydrogen-bond acceptors (Lipinski definition) is 4. The third kappa shape index (κ3) is 4.96. The minimum atomic E-state index is -0.334. The van der Waals surface area contributed by atoms with Crippen LogP contribution in [0.4, 0.5) is 4.39 Å². The lowest BCUT2D eigenvalue weighted by Crippen LogP contribution is -2.38. The van der Waals surface area contributed by atoms with E-state index in [1.54, 1.807) is 13.1 Å². The van der Waals surface area contributed by atoms with Crippen molar-refractivity contribution in [3.8, 4) is 5.75 Å². The topological polar surface area (TPSA) is 76.4 Å². The molecule has 1 atom stereocenters. The molecule has 0 saturated heterocycles. The lowest BCUT2D eigenvalue weighted by molar-refractivity contribution is 0.285. The second-order valence-corrected chi connectivity index (χ2v) is 6.96. The Morgan fingerprint density at radius 1 is 1.41 bits per heavy atom. The molecule has 3 rings (SSSR count). The number of hydrogen-bond donors (Lipinski definition) is 2. The molecule has 7 nitrogen and oxygen atoms in total. The third-order valence-corrected chi connectivity index (χ3v) is 4.80. The summed E-state index contributed by atoms with van der Waals surface area (Å²) in [5.41, 5.74) is 0.823. The van der Waals surface area contributed by atoms with E-state index in [-0.39, 0.29) is 11.9 Å². The highest BCUT2D eigenvalue weighted by molar-refractivity contribution is 5.80. The summed E-state index contributed by atoms with van der Waals surface area (Å²) in [5.74, 6) is 2.85. The van der Waals surface area contributed by atoms with Gasteiger partial charge in [-0.25, -0.2) is 4.39 Å². The first-order chi connectivity index (χ1) is 13.0. The van der Waals surface area contributed by atoms with E-state index >= 15 is 0 Å². The van der Waals surface area contributed by atoms with Crippen molar-refractivity contribution < 1.29 is 9.13 Å². The van der Waals surface area contributed by atoms with Gasteiger partial charge in [-0.2, -0.15) is 0 Å². The molecule has 2 N–H and O–H groups in total. The van der Waals surface area contributed by atoms with Crippen LogP contribution < -0.4 is 15.4 Å². The zero-order valence-electron chi connectivity index (χ0n) is 16.3. The van der Waals surface area contributed by atoms with Crippen molar-refractivity contribution in [1.82, 2.24) is 25.4 Å². The molecule has 8 heteroatoms. The molecule has 1 saturated carbocycles. The molecule has 1 aromatic carbocycles. The lowest BCUT2D eigenvalue weighted by atomic mass is 10.1. The molecule has 1 aromatic heterocycles. The number of aliphatic imine (C=N–C) groups is 1. The number of ether oxygens (including phenoxy) is 1. The van der Waals surface area contributed by atoms with Crippen LogP contribution >= 0.6 is 0 Å². The monoisotopic (exact) mass is 374 g/mol. The van der Waals surface area contributed by atoms with Crippen molar-refractivity contribution in [3.63, 3.8) is 0 Å². The second kappa shape index (κ2) is 8.37. The molecule has 0 aliphatic heterocycles. The fourth-order valence-electron chi connectivity index (χ4n) is 2.65. The van der Waals surface area contributed by atoms with Gasteiger partial charge in [0.2, 0.25) is 0 Å². The van der Waals surface area contributed by atoms with Gasteiger partial charge in [0.1, 0.15) is 5.82 Å². The van der Waals surface area contributed by atoms with Gasteiger partial charge in [0, 0.05) is 14.1 Å². The van der Waals surface area contributed by atoms with Crippen LogP contribution in [0.5, 0.6) is 5.75 Å². The Morgan fingerprint density at radius 2 is 2.19 bits per heavy atom. The quantitative estimate of drug-likeness (QED) is 0.575. The van der Waals surface area contributed by atoms with E-state index in [0.29, 0.717) is 30.8 Å². The smallest absolute Gasteiger partial charge is 0.191 e. The molecule has 0 spiro atoms. The lowest BCUT2D eigenvalue weighted by Gasteiger charge is -2.19. The number of nitrogens with zero attached hydrogens (tertiary/aromatic N) is 4. The van der Waals surface area contributed by atoms with Gasteiger partial charge in [-0.1, -0.05) is 6.07 Å². The van der Waals surface area contributed by atoms with Crippen LogP contribution in [0.2, 0.25) is 0 Å². The van der Waals surface area contributed by atoms with E-state index in [1.807, 2.05) is 31.5 Å². The van der Waals surface area contributed by atoms with Crippen LogP contribution in [0.15, 0.2) is 23.2 Å². The van der Waals surface area contributed by atoms with Gasteiger partial charge in [-0.15, -0.1) is 10.2 Å². The third-order valence-electron chi connectivity index (χ3n) is 4.80. The molecule has 1 fully saturated rings. The Hall–Kier alpha value is -2.64. The van der Waals surface area contributed by atoms with E-state index in [0.717, 1.165) is 17.2 Å². The first kappa shape index (κ1) is 19.1. The van der Waals surface area contributed by atoms with E-state index in [4.69, 9.17) is 4.74 Å². The van der Waals surface area contributed by atoms with Crippen molar-refractivity contribution in [1.29, 1.82) is 0 Å². The Bertz CT molecular complexity index is 815. The number of guanidine groups is 1. The Morgan fingerprint density at radius 3 is 2.78 bits per heavy atom. The van der Waals surface area contributed by atoms with Gasteiger partial charge in [0.05, 0.1) is 19.2 Å². The van der Waals surface area contributed by atoms with Gasteiger partial charge in [-0.05, 0) is 50.3 Å². The molecule has 0 amide bonds. The molecule has 0 radical (unpaired) electrons. The molecule has 1 aliphatic carbocycles. The highest BCUT2D eigenvalue weighted by Gasteiger charge is 2.22. The number of rotatable bonds is 7. The molecule has 1 unspecified atom stereocenters. The summed E-state index contributed by atoms with van der Waals surface area (Å²) in [6, 6.07) is 4.97. The van der Waals surface area contributed by atoms with Crippen molar-refractivity contribution in [2.24, 2.45) is 18.0 Å².